The van der Waals surface area contributed by atoms with Gasteiger partial charge in [-0.05, 0) is 36.1 Å². The number of hydrogen-bond donors (Lipinski definition) is 1. The van der Waals surface area contributed by atoms with E-state index >= 15 is 0 Å². The Morgan fingerprint density at radius 2 is 1.77 bits per heavy atom. The molecular weight excluding hydrogens is 346 g/mol. The topological polar surface area (TPSA) is 35.6 Å². The van der Waals surface area contributed by atoms with Crippen molar-refractivity contribution < 1.29 is 4.79 Å². The molecule has 1 saturated heterocycles. The lowest BCUT2D eigenvalue weighted by Crippen LogP contribution is -2.53. The SMILES string of the molecule is O=C(NCc1ccc(Cl)cc1)N1CCN(C2CC2)CC1c1ccccc1. The van der Waals surface area contributed by atoms with Crippen molar-refractivity contribution in [2.45, 2.75) is 31.5 Å². The van der Waals surface area contributed by atoms with E-state index in [1.165, 1.54) is 18.4 Å². The second-order valence-corrected chi connectivity index (χ2v) is 7.57. The molecule has 2 fully saturated rings. The summed E-state index contributed by atoms with van der Waals surface area (Å²) >= 11 is 5.93. The number of amides is 2. The Kier molecular flexibility index (Phi) is 5.14. The van der Waals surface area contributed by atoms with Gasteiger partial charge < -0.3 is 10.2 Å². The van der Waals surface area contributed by atoms with Gasteiger partial charge in [-0.2, -0.15) is 0 Å². The molecule has 2 amide bonds. The van der Waals surface area contributed by atoms with Crippen molar-refractivity contribution >= 4 is 17.6 Å². The second-order valence-electron chi connectivity index (χ2n) is 7.13. The Morgan fingerprint density at radius 1 is 1.04 bits per heavy atom. The minimum atomic E-state index is 0.00394. The van der Waals surface area contributed by atoms with Gasteiger partial charge in [0.05, 0.1) is 6.04 Å². The highest BCUT2D eigenvalue weighted by molar-refractivity contribution is 6.30. The van der Waals surface area contributed by atoms with E-state index in [1.807, 2.05) is 35.2 Å². The average Bonchev–Trinajstić information content (AvgIpc) is 3.53. The molecule has 1 heterocycles. The van der Waals surface area contributed by atoms with E-state index in [9.17, 15) is 4.79 Å². The lowest BCUT2D eigenvalue weighted by Gasteiger charge is -2.41. The highest BCUT2D eigenvalue weighted by Crippen LogP contribution is 2.33. The lowest BCUT2D eigenvalue weighted by atomic mass is 10.0. The maximum absolute atomic E-state index is 12.9. The zero-order chi connectivity index (χ0) is 17.9. The fraction of sp³-hybridized carbons (Fsp3) is 0.381. The summed E-state index contributed by atoms with van der Waals surface area (Å²) in [4.78, 5) is 17.4. The van der Waals surface area contributed by atoms with Gasteiger partial charge >= 0.3 is 6.03 Å². The Labute approximate surface area is 159 Å². The molecule has 136 valence electrons. The predicted octanol–water partition coefficient (Wildman–Crippen LogP) is 4.07. The molecule has 5 heteroatoms. The average molecular weight is 370 g/mol. The molecule has 0 radical (unpaired) electrons. The highest BCUT2D eigenvalue weighted by Gasteiger charge is 2.37. The quantitative estimate of drug-likeness (QED) is 0.881. The number of rotatable bonds is 4. The van der Waals surface area contributed by atoms with Crippen LogP contribution in [-0.2, 0) is 6.54 Å². The first-order valence-corrected chi connectivity index (χ1v) is 9.66. The summed E-state index contributed by atoms with van der Waals surface area (Å²) in [6.07, 6.45) is 2.59. The number of urea groups is 1. The number of nitrogens with one attached hydrogen (secondary N) is 1. The fourth-order valence-electron chi connectivity index (χ4n) is 3.66. The molecule has 2 aliphatic rings. The first-order valence-electron chi connectivity index (χ1n) is 9.28. The molecule has 4 rings (SSSR count). The molecule has 0 spiro atoms. The second kappa shape index (κ2) is 7.68. The van der Waals surface area contributed by atoms with Crippen LogP contribution in [0.5, 0.6) is 0 Å². The monoisotopic (exact) mass is 369 g/mol. The Hall–Kier alpha value is -2.04. The maximum Gasteiger partial charge on any atom is 0.318 e. The molecule has 2 aromatic rings. The molecule has 26 heavy (non-hydrogen) atoms. The van der Waals surface area contributed by atoms with Crippen molar-refractivity contribution in [3.8, 4) is 0 Å². The predicted molar refractivity (Wildman–Crippen MR) is 104 cm³/mol. The van der Waals surface area contributed by atoms with Crippen LogP contribution in [0.3, 0.4) is 0 Å². The molecule has 1 aliphatic heterocycles. The number of hydrogen-bond acceptors (Lipinski definition) is 2. The number of nitrogens with zero attached hydrogens (tertiary/aromatic N) is 2. The maximum atomic E-state index is 12.9. The van der Waals surface area contributed by atoms with Crippen molar-refractivity contribution in [3.63, 3.8) is 0 Å². The van der Waals surface area contributed by atoms with Crippen LogP contribution in [0.1, 0.15) is 30.0 Å². The van der Waals surface area contributed by atoms with Crippen LogP contribution in [0, 0.1) is 0 Å². The van der Waals surface area contributed by atoms with E-state index in [-0.39, 0.29) is 12.1 Å². The molecule has 0 aromatic heterocycles. The van der Waals surface area contributed by atoms with Gasteiger partial charge in [-0.25, -0.2) is 4.79 Å². The molecule has 1 aliphatic carbocycles. The smallest absolute Gasteiger partial charge is 0.318 e. The largest absolute Gasteiger partial charge is 0.334 e. The van der Waals surface area contributed by atoms with Gasteiger partial charge in [0, 0.05) is 37.2 Å². The summed E-state index contributed by atoms with van der Waals surface area (Å²) < 4.78 is 0. The van der Waals surface area contributed by atoms with E-state index in [0.717, 1.165) is 31.2 Å². The van der Waals surface area contributed by atoms with Crippen LogP contribution in [-0.4, -0.2) is 41.5 Å². The molecule has 1 N–H and O–H groups in total. The zero-order valence-electron chi connectivity index (χ0n) is 14.8. The van der Waals surface area contributed by atoms with Crippen LogP contribution in [0.25, 0.3) is 0 Å². The van der Waals surface area contributed by atoms with Gasteiger partial charge in [-0.3, -0.25) is 4.90 Å². The van der Waals surface area contributed by atoms with Crippen LogP contribution in [0.15, 0.2) is 54.6 Å². The molecule has 2 aromatic carbocycles. The summed E-state index contributed by atoms with van der Waals surface area (Å²) in [5.74, 6) is 0. The van der Waals surface area contributed by atoms with Crippen LogP contribution in [0.2, 0.25) is 5.02 Å². The third-order valence-corrected chi connectivity index (χ3v) is 5.53. The van der Waals surface area contributed by atoms with Gasteiger partial charge in [0.1, 0.15) is 0 Å². The number of piperazine rings is 1. The van der Waals surface area contributed by atoms with Crippen molar-refractivity contribution in [1.82, 2.24) is 15.1 Å². The molecular formula is C21H24ClN3O. The highest BCUT2D eigenvalue weighted by atomic mass is 35.5. The third kappa shape index (κ3) is 4.02. The first kappa shape index (κ1) is 17.4. The van der Waals surface area contributed by atoms with Crippen LogP contribution in [0.4, 0.5) is 4.79 Å². The summed E-state index contributed by atoms with van der Waals surface area (Å²) in [6.45, 7) is 3.16. The van der Waals surface area contributed by atoms with E-state index in [0.29, 0.717) is 11.6 Å². The number of carbonyl (C=O) groups excluding carboxylic acids is 1. The minimum absolute atomic E-state index is 0.00394. The lowest BCUT2D eigenvalue weighted by molar-refractivity contribution is 0.0890. The van der Waals surface area contributed by atoms with Crippen molar-refractivity contribution in [2.75, 3.05) is 19.6 Å². The Bertz CT molecular complexity index is 746. The van der Waals surface area contributed by atoms with E-state index < -0.39 is 0 Å². The Balaban J connectivity index is 1.45. The number of carbonyl (C=O) groups is 1. The fourth-order valence-corrected chi connectivity index (χ4v) is 3.79. The summed E-state index contributed by atoms with van der Waals surface area (Å²) in [5, 5.41) is 3.78. The van der Waals surface area contributed by atoms with E-state index in [2.05, 4.69) is 34.5 Å². The van der Waals surface area contributed by atoms with E-state index in [4.69, 9.17) is 11.6 Å². The number of benzene rings is 2. The Morgan fingerprint density at radius 3 is 2.46 bits per heavy atom. The summed E-state index contributed by atoms with van der Waals surface area (Å²) in [6, 6.07) is 18.8. The molecule has 1 atom stereocenters. The van der Waals surface area contributed by atoms with Crippen LogP contribution < -0.4 is 5.32 Å². The standard InChI is InChI=1S/C21H24ClN3O/c22-18-8-6-16(7-9-18)14-23-21(26)25-13-12-24(19-10-11-19)15-20(25)17-4-2-1-3-5-17/h1-9,19-20H,10-15H2,(H,23,26). The zero-order valence-corrected chi connectivity index (χ0v) is 15.5. The number of halogens is 1. The van der Waals surface area contributed by atoms with Crippen molar-refractivity contribution in [2.24, 2.45) is 0 Å². The van der Waals surface area contributed by atoms with Crippen molar-refractivity contribution in [1.29, 1.82) is 0 Å². The summed E-state index contributed by atoms with van der Waals surface area (Å²) in [5.41, 5.74) is 2.26. The minimum Gasteiger partial charge on any atom is -0.334 e. The first-order chi connectivity index (χ1) is 12.7. The molecule has 1 unspecified atom stereocenters. The normalized spacial score (nSPS) is 20.8. The summed E-state index contributed by atoms with van der Waals surface area (Å²) in [7, 11) is 0. The van der Waals surface area contributed by atoms with E-state index in [1.54, 1.807) is 0 Å². The van der Waals surface area contributed by atoms with Gasteiger partial charge in [0.2, 0.25) is 0 Å². The van der Waals surface area contributed by atoms with Gasteiger partial charge in [-0.1, -0.05) is 54.1 Å². The molecule has 4 nitrogen and oxygen atoms in total. The van der Waals surface area contributed by atoms with Gasteiger partial charge in [-0.15, -0.1) is 0 Å². The third-order valence-electron chi connectivity index (χ3n) is 5.28. The van der Waals surface area contributed by atoms with Crippen LogP contribution >= 0.6 is 11.6 Å². The molecule has 0 bridgehead atoms. The van der Waals surface area contributed by atoms with Gasteiger partial charge in [0.25, 0.3) is 0 Å². The molecule has 1 saturated carbocycles. The van der Waals surface area contributed by atoms with Gasteiger partial charge in [0.15, 0.2) is 0 Å². The van der Waals surface area contributed by atoms with Crippen molar-refractivity contribution in [3.05, 3.63) is 70.7 Å².